The maximum atomic E-state index is 5.38. The van der Waals surface area contributed by atoms with Crippen molar-refractivity contribution < 1.29 is 4.52 Å². The van der Waals surface area contributed by atoms with E-state index in [4.69, 9.17) is 4.52 Å². The molecule has 0 bridgehead atoms. The van der Waals surface area contributed by atoms with E-state index in [1.807, 2.05) is 26.8 Å². The van der Waals surface area contributed by atoms with Crippen LogP contribution in [0.25, 0.3) is 0 Å². The zero-order valence-electron chi connectivity index (χ0n) is 13.1. The maximum Gasteiger partial charge on any atom is 0.232 e. The highest BCUT2D eigenvalue weighted by Crippen LogP contribution is 2.34. The highest BCUT2D eigenvalue weighted by Gasteiger charge is 2.37. The summed E-state index contributed by atoms with van der Waals surface area (Å²) in [5, 5.41) is 3.91. The van der Waals surface area contributed by atoms with Crippen molar-refractivity contribution >= 4 is 5.95 Å². The van der Waals surface area contributed by atoms with E-state index in [2.05, 4.69) is 31.9 Å². The van der Waals surface area contributed by atoms with Gasteiger partial charge in [0.1, 0.15) is 0 Å². The van der Waals surface area contributed by atoms with Gasteiger partial charge < -0.3 is 9.42 Å². The average molecular weight is 287 g/mol. The van der Waals surface area contributed by atoms with Crippen LogP contribution in [0, 0.1) is 20.8 Å². The molecule has 1 aliphatic heterocycles. The van der Waals surface area contributed by atoms with Crippen LogP contribution in [0.2, 0.25) is 0 Å². The first-order chi connectivity index (χ1) is 9.96. The Morgan fingerprint density at radius 1 is 1.05 bits per heavy atom. The van der Waals surface area contributed by atoms with Crippen LogP contribution in [0.3, 0.4) is 0 Å². The lowest BCUT2D eigenvalue weighted by Crippen LogP contribution is -2.42. The SMILES string of the molecule is Cc1cc(C)nc(N2CCC(C)(c3nc(C)no3)CC2)n1. The third-order valence-electron chi connectivity index (χ3n) is 4.16. The molecule has 1 aliphatic rings. The molecule has 1 saturated heterocycles. The molecule has 6 heteroatoms. The molecule has 0 aromatic carbocycles. The van der Waals surface area contributed by atoms with Crippen molar-refractivity contribution in [3.63, 3.8) is 0 Å². The molecule has 0 aliphatic carbocycles. The first kappa shape index (κ1) is 14.0. The van der Waals surface area contributed by atoms with Crippen molar-refractivity contribution in [1.82, 2.24) is 20.1 Å². The first-order valence-corrected chi connectivity index (χ1v) is 7.34. The Labute approximate surface area is 124 Å². The molecule has 21 heavy (non-hydrogen) atoms. The van der Waals surface area contributed by atoms with Gasteiger partial charge in [0, 0.05) is 24.5 Å². The van der Waals surface area contributed by atoms with Crippen LogP contribution < -0.4 is 4.90 Å². The molecule has 0 unspecified atom stereocenters. The van der Waals surface area contributed by atoms with Crippen LogP contribution in [-0.4, -0.2) is 33.2 Å². The monoisotopic (exact) mass is 287 g/mol. The van der Waals surface area contributed by atoms with Gasteiger partial charge in [-0.3, -0.25) is 0 Å². The molecule has 0 saturated carbocycles. The van der Waals surface area contributed by atoms with E-state index in [1.54, 1.807) is 0 Å². The van der Waals surface area contributed by atoms with Gasteiger partial charge in [-0.2, -0.15) is 4.98 Å². The van der Waals surface area contributed by atoms with E-state index in [0.717, 1.165) is 49.2 Å². The summed E-state index contributed by atoms with van der Waals surface area (Å²) in [6.07, 6.45) is 1.93. The van der Waals surface area contributed by atoms with Crippen LogP contribution in [0.4, 0.5) is 5.95 Å². The fraction of sp³-hybridized carbons (Fsp3) is 0.600. The summed E-state index contributed by atoms with van der Waals surface area (Å²) in [7, 11) is 0. The Bertz CT molecular complexity index is 623. The van der Waals surface area contributed by atoms with Gasteiger partial charge >= 0.3 is 0 Å². The van der Waals surface area contributed by atoms with Crippen molar-refractivity contribution in [1.29, 1.82) is 0 Å². The number of hydrogen-bond acceptors (Lipinski definition) is 6. The highest BCUT2D eigenvalue weighted by molar-refractivity contribution is 5.33. The third-order valence-corrected chi connectivity index (χ3v) is 4.16. The first-order valence-electron chi connectivity index (χ1n) is 7.34. The molecule has 0 spiro atoms. The second kappa shape index (κ2) is 5.09. The van der Waals surface area contributed by atoms with E-state index in [9.17, 15) is 0 Å². The Morgan fingerprint density at radius 3 is 2.19 bits per heavy atom. The number of anilines is 1. The van der Waals surface area contributed by atoms with Gasteiger partial charge in [0.15, 0.2) is 5.82 Å². The van der Waals surface area contributed by atoms with Crippen LogP contribution >= 0.6 is 0 Å². The van der Waals surface area contributed by atoms with Crippen molar-refractivity contribution in [2.24, 2.45) is 0 Å². The number of rotatable bonds is 2. The summed E-state index contributed by atoms with van der Waals surface area (Å²) >= 11 is 0. The largest absolute Gasteiger partial charge is 0.341 e. The second-order valence-electron chi connectivity index (χ2n) is 6.15. The number of piperidine rings is 1. The maximum absolute atomic E-state index is 5.38. The Kier molecular flexibility index (Phi) is 3.39. The van der Waals surface area contributed by atoms with Gasteiger partial charge in [-0.15, -0.1) is 0 Å². The van der Waals surface area contributed by atoms with Gasteiger partial charge in [0.25, 0.3) is 0 Å². The van der Waals surface area contributed by atoms with Gasteiger partial charge in [-0.25, -0.2) is 9.97 Å². The lowest BCUT2D eigenvalue weighted by Gasteiger charge is -2.37. The minimum absolute atomic E-state index is 0.0450. The quantitative estimate of drug-likeness (QED) is 0.844. The standard InChI is InChI=1S/C15H21N5O/c1-10-9-11(2)17-14(16-10)20-7-5-15(4,6-8-20)13-18-12(3)19-21-13/h9H,5-8H2,1-4H3. The highest BCUT2D eigenvalue weighted by atomic mass is 16.5. The lowest BCUT2D eigenvalue weighted by atomic mass is 9.80. The average Bonchev–Trinajstić information content (AvgIpc) is 2.86. The lowest BCUT2D eigenvalue weighted by molar-refractivity contribution is 0.251. The number of aryl methyl sites for hydroxylation is 3. The molecule has 0 amide bonds. The number of nitrogens with zero attached hydrogens (tertiary/aromatic N) is 5. The van der Waals surface area contributed by atoms with E-state index in [1.165, 1.54) is 0 Å². The molecule has 3 heterocycles. The Morgan fingerprint density at radius 2 is 1.67 bits per heavy atom. The van der Waals surface area contributed by atoms with Crippen molar-refractivity contribution in [3.05, 3.63) is 29.2 Å². The molecule has 0 N–H and O–H groups in total. The molecule has 0 radical (unpaired) electrons. The van der Waals surface area contributed by atoms with E-state index in [0.29, 0.717) is 5.82 Å². The van der Waals surface area contributed by atoms with E-state index >= 15 is 0 Å². The molecule has 112 valence electrons. The van der Waals surface area contributed by atoms with Crippen molar-refractivity contribution in [2.75, 3.05) is 18.0 Å². The van der Waals surface area contributed by atoms with Gasteiger partial charge in [-0.05, 0) is 39.7 Å². The fourth-order valence-electron chi connectivity index (χ4n) is 2.81. The zero-order valence-corrected chi connectivity index (χ0v) is 13.1. The summed E-state index contributed by atoms with van der Waals surface area (Å²) in [5.74, 6) is 2.28. The minimum Gasteiger partial charge on any atom is -0.341 e. The van der Waals surface area contributed by atoms with Crippen LogP contribution in [-0.2, 0) is 5.41 Å². The third kappa shape index (κ3) is 2.75. The Hall–Kier alpha value is -1.98. The molecular formula is C15H21N5O. The molecule has 0 atom stereocenters. The van der Waals surface area contributed by atoms with Gasteiger partial charge in [0.2, 0.25) is 11.8 Å². The van der Waals surface area contributed by atoms with Gasteiger partial charge in [-0.1, -0.05) is 12.1 Å². The number of hydrogen-bond donors (Lipinski definition) is 0. The molecular weight excluding hydrogens is 266 g/mol. The smallest absolute Gasteiger partial charge is 0.232 e. The van der Waals surface area contributed by atoms with Crippen LogP contribution in [0.5, 0.6) is 0 Å². The zero-order chi connectivity index (χ0) is 15.0. The summed E-state index contributed by atoms with van der Waals surface area (Å²) < 4.78 is 5.38. The molecule has 1 fully saturated rings. The Balaban J connectivity index is 1.75. The van der Waals surface area contributed by atoms with Gasteiger partial charge in [0.05, 0.1) is 5.41 Å². The molecule has 2 aromatic heterocycles. The van der Waals surface area contributed by atoms with E-state index in [-0.39, 0.29) is 5.41 Å². The van der Waals surface area contributed by atoms with Crippen molar-refractivity contribution in [2.45, 2.75) is 46.0 Å². The summed E-state index contributed by atoms with van der Waals surface area (Å²) in [5.41, 5.74) is 1.98. The van der Waals surface area contributed by atoms with Crippen LogP contribution in [0.15, 0.2) is 10.6 Å². The molecule has 6 nitrogen and oxygen atoms in total. The van der Waals surface area contributed by atoms with Crippen LogP contribution in [0.1, 0.15) is 42.9 Å². The van der Waals surface area contributed by atoms with Crippen molar-refractivity contribution in [3.8, 4) is 0 Å². The fourth-order valence-corrected chi connectivity index (χ4v) is 2.81. The predicted octanol–water partition coefficient (Wildman–Crippen LogP) is 2.34. The molecule has 3 rings (SSSR count). The second-order valence-corrected chi connectivity index (χ2v) is 6.15. The minimum atomic E-state index is -0.0450. The summed E-state index contributed by atoms with van der Waals surface area (Å²) in [6.45, 7) is 9.87. The number of aromatic nitrogens is 4. The van der Waals surface area contributed by atoms with E-state index < -0.39 is 0 Å². The molecule has 2 aromatic rings. The predicted molar refractivity (Wildman–Crippen MR) is 79.3 cm³/mol. The topological polar surface area (TPSA) is 67.9 Å². The summed E-state index contributed by atoms with van der Waals surface area (Å²) in [6, 6.07) is 2.00. The summed E-state index contributed by atoms with van der Waals surface area (Å²) in [4.78, 5) is 15.7. The normalized spacial score (nSPS) is 18.0.